The van der Waals surface area contributed by atoms with Crippen LogP contribution in [0.1, 0.15) is 84.6 Å². The van der Waals surface area contributed by atoms with Crippen molar-refractivity contribution in [2.24, 2.45) is 0 Å². The summed E-state index contributed by atoms with van der Waals surface area (Å²) < 4.78 is 0. The normalized spacial score (nSPS) is 12.7. The Bertz CT molecular complexity index is 1920. The molecule has 5 heterocycles. The first kappa shape index (κ1) is 31.6. The minimum atomic E-state index is -1.15. The Balaban J connectivity index is 0.00000423. The Kier molecular flexibility index (Phi) is 9.19. The molecular formula is C34H32N4O4Pd. The maximum atomic E-state index is 11.4. The molecule has 9 heteroatoms. The molecule has 2 aliphatic rings. The minimum Gasteiger partial charge on any atom is -0.550 e. The second-order valence-corrected chi connectivity index (χ2v) is 10.7. The monoisotopic (exact) mass is 666 g/mol. The van der Waals surface area contributed by atoms with Gasteiger partial charge < -0.3 is 29.8 Å². The molecule has 43 heavy (non-hydrogen) atoms. The number of hydrogen-bond donors (Lipinski definition) is 2. The summed E-state index contributed by atoms with van der Waals surface area (Å²) in [5.41, 5.74) is 13.3. The maximum absolute atomic E-state index is 11.4. The number of nitrogens with one attached hydrogen (secondary N) is 2. The van der Waals surface area contributed by atoms with Gasteiger partial charge in [-0.25, -0.2) is 9.97 Å². The van der Waals surface area contributed by atoms with Gasteiger partial charge in [0.25, 0.3) is 0 Å². The Morgan fingerprint density at radius 1 is 0.674 bits per heavy atom. The van der Waals surface area contributed by atoms with Crippen LogP contribution in [0.3, 0.4) is 0 Å². The number of carboxylic acid groups (broad SMARTS) is 2. The van der Waals surface area contributed by atoms with Crippen LogP contribution >= 0.6 is 0 Å². The molecule has 0 spiro atoms. The number of fused-ring (bicyclic) bond motifs is 8. The fourth-order valence-corrected chi connectivity index (χ4v) is 5.76. The molecular weight excluding hydrogens is 635 g/mol. The van der Waals surface area contributed by atoms with E-state index in [9.17, 15) is 19.8 Å². The Hall–Kier alpha value is -4.32. The summed E-state index contributed by atoms with van der Waals surface area (Å²) in [5.74, 6) is -2.29. The topological polar surface area (TPSA) is 138 Å². The van der Waals surface area contributed by atoms with Crippen molar-refractivity contribution >= 4 is 68.4 Å². The molecule has 0 saturated heterocycles. The third-order valence-electron chi connectivity index (χ3n) is 8.20. The van der Waals surface area contributed by atoms with Crippen molar-refractivity contribution in [3.8, 4) is 0 Å². The molecule has 0 radical (unpaired) electrons. The molecule has 222 valence electrons. The summed E-state index contributed by atoms with van der Waals surface area (Å²) in [6.07, 6.45) is 3.79. The third kappa shape index (κ3) is 5.97. The zero-order valence-electron chi connectivity index (χ0n) is 24.6. The van der Waals surface area contributed by atoms with Gasteiger partial charge in [-0.15, -0.1) is 0 Å². The molecule has 2 aliphatic heterocycles. The molecule has 5 rings (SSSR count). The number of aliphatic carboxylic acids is 2. The number of allylic oxidation sites excluding steroid dienone is 4. The number of rotatable bonds is 8. The van der Waals surface area contributed by atoms with Crippen LogP contribution in [0, 0.1) is 13.8 Å². The molecule has 0 aromatic carbocycles. The molecule has 3 aromatic heterocycles. The van der Waals surface area contributed by atoms with Crippen molar-refractivity contribution in [1.82, 2.24) is 19.9 Å². The van der Waals surface area contributed by atoms with E-state index in [-0.39, 0.29) is 46.1 Å². The second kappa shape index (κ2) is 12.5. The Labute approximate surface area is 263 Å². The quantitative estimate of drug-likeness (QED) is 0.320. The van der Waals surface area contributed by atoms with Gasteiger partial charge in [0.1, 0.15) is 0 Å². The third-order valence-corrected chi connectivity index (χ3v) is 8.20. The molecule has 8 bridgehead atoms. The number of nitrogens with zero attached hydrogens (tertiary/aromatic N) is 2. The van der Waals surface area contributed by atoms with Gasteiger partial charge in [0.2, 0.25) is 0 Å². The van der Waals surface area contributed by atoms with Crippen molar-refractivity contribution in [3.63, 3.8) is 0 Å². The first-order valence-electron chi connectivity index (χ1n) is 13.8. The number of carbonyl (C=O) groups excluding carboxylic acids is 2. The predicted molar refractivity (Wildman–Crippen MR) is 164 cm³/mol. The molecule has 0 atom stereocenters. The molecule has 0 amide bonds. The zero-order chi connectivity index (χ0) is 30.3. The molecule has 0 fully saturated rings. The first-order valence-corrected chi connectivity index (χ1v) is 13.8. The van der Waals surface area contributed by atoms with Gasteiger partial charge in [-0.05, 0) is 111 Å². The van der Waals surface area contributed by atoms with Gasteiger partial charge in [0, 0.05) is 45.1 Å². The van der Waals surface area contributed by atoms with E-state index in [0.717, 1.165) is 66.6 Å². The summed E-state index contributed by atoms with van der Waals surface area (Å²) in [6.45, 7) is 16.0. The van der Waals surface area contributed by atoms with Gasteiger partial charge in [-0.3, -0.25) is 0 Å². The van der Waals surface area contributed by atoms with Gasteiger partial charge >= 0.3 is 20.4 Å². The molecule has 0 unspecified atom stereocenters. The van der Waals surface area contributed by atoms with Crippen LogP contribution in [-0.4, -0.2) is 31.9 Å². The second-order valence-electron chi connectivity index (χ2n) is 10.7. The maximum Gasteiger partial charge on any atom is 2.00 e. The molecule has 0 aliphatic carbocycles. The summed E-state index contributed by atoms with van der Waals surface area (Å²) >= 11 is 0. The molecule has 2 N–H and O–H groups in total. The van der Waals surface area contributed by atoms with E-state index >= 15 is 0 Å². The molecule has 0 saturated carbocycles. The van der Waals surface area contributed by atoms with E-state index in [4.69, 9.17) is 9.97 Å². The fourth-order valence-electron chi connectivity index (χ4n) is 5.76. The average molecular weight is 667 g/mol. The van der Waals surface area contributed by atoms with Gasteiger partial charge in [0.15, 0.2) is 0 Å². The first-order chi connectivity index (χ1) is 20.0. The zero-order valence-corrected chi connectivity index (χ0v) is 26.1. The number of aromatic amines is 2. The van der Waals surface area contributed by atoms with Gasteiger partial charge in [-0.1, -0.05) is 25.3 Å². The summed E-state index contributed by atoms with van der Waals surface area (Å²) in [4.78, 5) is 39.7. The van der Waals surface area contributed by atoms with E-state index < -0.39 is 11.9 Å². The van der Waals surface area contributed by atoms with Crippen molar-refractivity contribution in [1.29, 1.82) is 0 Å². The van der Waals surface area contributed by atoms with Crippen molar-refractivity contribution < 1.29 is 40.2 Å². The van der Waals surface area contributed by atoms with Crippen LogP contribution in [0.5, 0.6) is 0 Å². The minimum absolute atomic E-state index is 0. The summed E-state index contributed by atoms with van der Waals surface area (Å²) in [7, 11) is 0. The van der Waals surface area contributed by atoms with E-state index in [1.54, 1.807) is 6.08 Å². The molecule has 3 aromatic rings. The van der Waals surface area contributed by atoms with E-state index in [0.29, 0.717) is 22.8 Å². The van der Waals surface area contributed by atoms with Crippen LogP contribution < -0.4 is 10.2 Å². The van der Waals surface area contributed by atoms with Crippen LogP contribution in [0.2, 0.25) is 0 Å². The van der Waals surface area contributed by atoms with Gasteiger partial charge in [-0.2, -0.15) is 0 Å². The fraction of sp³-hybridized carbons (Fsp3) is 0.235. The number of hydrogen-bond acceptors (Lipinski definition) is 6. The van der Waals surface area contributed by atoms with Crippen LogP contribution in [0.4, 0.5) is 0 Å². The average Bonchev–Trinajstić information content (AvgIpc) is 3.59. The van der Waals surface area contributed by atoms with Gasteiger partial charge in [0.05, 0.1) is 22.8 Å². The van der Waals surface area contributed by atoms with Crippen molar-refractivity contribution in [2.45, 2.75) is 53.4 Å². The number of carboxylic acids is 2. The van der Waals surface area contributed by atoms with Crippen molar-refractivity contribution in [3.05, 3.63) is 82.5 Å². The van der Waals surface area contributed by atoms with Crippen LogP contribution in [0.15, 0.2) is 37.4 Å². The van der Waals surface area contributed by atoms with Crippen LogP contribution in [-0.2, 0) is 30.0 Å². The number of aromatic nitrogens is 4. The van der Waals surface area contributed by atoms with E-state index in [1.807, 2.05) is 58.0 Å². The summed E-state index contributed by atoms with van der Waals surface area (Å²) in [5, 5.41) is 22.8. The summed E-state index contributed by atoms with van der Waals surface area (Å²) in [6, 6.07) is 7.78. The smallest absolute Gasteiger partial charge is 0.550 e. The standard InChI is InChI=1S/C34H34N4O4.Pd/c1-7-21-17(3)25-13-26-19(5)23(9-11-33(39)40)31(37-26)16-32-24(10-12-34(41)42)20(6)28(38-32)15-30-22(8-2)18(4)27(36-30)14-29(21)35-25;/h7-8,13-16,35-36H,1-2,9-12H2,3-6H3,(H,39,40)(H,41,42);/q;+2/p-2. The van der Waals surface area contributed by atoms with E-state index in [1.165, 1.54) is 0 Å². The van der Waals surface area contributed by atoms with Crippen LogP contribution in [0.25, 0.3) is 56.5 Å². The predicted octanol–water partition coefficient (Wildman–Crippen LogP) is 5.14. The number of H-pyrrole nitrogens is 2. The SMILES string of the molecule is C=Cc1c(C)c2cc3[nH]c(cc4nc(cc5nc(cc1[nH]2)C(C)=C5CCC(=O)[O-])C(CCC(=O)[O-])=C4C)c(C)c3C=C.[Pd+2]. The Morgan fingerprint density at radius 3 is 1.49 bits per heavy atom. The van der Waals surface area contributed by atoms with Crippen molar-refractivity contribution in [2.75, 3.05) is 0 Å². The Morgan fingerprint density at radius 2 is 1.07 bits per heavy atom. The number of carbonyl (C=O) groups is 2. The number of aryl methyl sites for hydroxylation is 2. The van der Waals surface area contributed by atoms with E-state index in [2.05, 4.69) is 23.1 Å². The largest absolute Gasteiger partial charge is 2.00 e. The molecule has 8 nitrogen and oxygen atoms in total.